The Morgan fingerprint density at radius 2 is 2.19 bits per heavy atom. The third-order valence-electron chi connectivity index (χ3n) is 4.05. The van der Waals surface area contributed by atoms with Crippen molar-refractivity contribution in [1.29, 1.82) is 0 Å². The summed E-state index contributed by atoms with van der Waals surface area (Å²) in [6.45, 7) is 4.11. The lowest BCUT2D eigenvalue weighted by Crippen LogP contribution is -2.37. The predicted molar refractivity (Wildman–Crippen MR) is 79.4 cm³/mol. The van der Waals surface area contributed by atoms with Crippen molar-refractivity contribution in [3.63, 3.8) is 0 Å². The summed E-state index contributed by atoms with van der Waals surface area (Å²) < 4.78 is 19.5. The van der Waals surface area contributed by atoms with Gasteiger partial charge in [0.05, 0.1) is 12.6 Å². The van der Waals surface area contributed by atoms with Crippen molar-refractivity contribution in [2.45, 2.75) is 32.4 Å². The van der Waals surface area contributed by atoms with Crippen LogP contribution in [0.2, 0.25) is 0 Å². The zero-order valence-electron chi connectivity index (χ0n) is 12.2. The molecule has 0 saturated carbocycles. The van der Waals surface area contributed by atoms with Gasteiger partial charge in [0.15, 0.2) is 0 Å². The van der Waals surface area contributed by atoms with E-state index in [1.54, 1.807) is 13.0 Å². The van der Waals surface area contributed by atoms with E-state index in [1.807, 2.05) is 18.2 Å². The molecule has 1 fully saturated rings. The van der Waals surface area contributed by atoms with E-state index >= 15 is 0 Å². The fourth-order valence-corrected chi connectivity index (χ4v) is 2.88. The number of benzene rings is 1. The summed E-state index contributed by atoms with van der Waals surface area (Å²) in [5.41, 5.74) is 1.40. The fourth-order valence-electron chi connectivity index (χ4n) is 2.88. The molecule has 2 heterocycles. The molecule has 1 N–H and O–H groups in total. The number of hydrogen-bond acceptors (Lipinski definition) is 3. The molecule has 0 radical (unpaired) electrons. The average molecular weight is 289 g/mol. The van der Waals surface area contributed by atoms with Crippen LogP contribution in [0.25, 0.3) is 11.3 Å². The first-order valence-corrected chi connectivity index (χ1v) is 7.38. The number of aliphatic hydroxyl groups excluding tert-OH is 1. The molecule has 4 heteroatoms. The summed E-state index contributed by atoms with van der Waals surface area (Å²) in [7, 11) is 0. The first-order valence-electron chi connectivity index (χ1n) is 7.38. The van der Waals surface area contributed by atoms with Crippen molar-refractivity contribution >= 4 is 0 Å². The highest BCUT2D eigenvalue weighted by molar-refractivity contribution is 5.62. The molecule has 0 aliphatic carbocycles. The highest BCUT2D eigenvalue weighted by Gasteiger charge is 2.19. The van der Waals surface area contributed by atoms with Crippen LogP contribution < -0.4 is 0 Å². The molecular weight excluding hydrogens is 269 g/mol. The lowest BCUT2D eigenvalue weighted by molar-refractivity contribution is 0.0635. The zero-order chi connectivity index (χ0) is 14.8. The Hall–Kier alpha value is -1.65. The Morgan fingerprint density at radius 3 is 3.00 bits per heavy atom. The van der Waals surface area contributed by atoms with Gasteiger partial charge in [0, 0.05) is 12.1 Å². The Morgan fingerprint density at radius 1 is 1.33 bits per heavy atom. The number of aliphatic hydroxyl groups is 1. The largest absolute Gasteiger partial charge is 0.460 e. The molecule has 0 spiro atoms. The third kappa shape index (κ3) is 3.17. The Labute approximate surface area is 124 Å². The van der Waals surface area contributed by atoms with Gasteiger partial charge in [-0.1, -0.05) is 12.1 Å². The first-order chi connectivity index (χ1) is 10.1. The summed E-state index contributed by atoms with van der Waals surface area (Å²) >= 11 is 0. The maximum atomic E-state index is 13.6. The summed E-state index contributed by atoms with van der Waals surface area (Å²) in [6.07, 6.45) is 1.65. The van der Waals surface area contributed by atoms with Crippen molar-refractivity contribution in [3.05, 3.63) is 47.5 Å². The topological polar surface area (TPSA) is 36.6 Å². The van der Waals surface area contributed by atoms with E-state index in [0.717, 1.165) is 30.7 Å². The molecule has 3 rings (SSSR count). The smallest absolute Gasteiger partial charge is 0.134 e. The zero-order valence-corrected chi connectivity index (χ0v) is 12.2. The summed E-state index contributed by atoms with van der Waals surface area (Å²) in [5, 5.41) is 9.69. The summed E-state index contributed by atoms with van der Waals surface area (Å²) in [4.78, 5) is 2.19. The van der Waals surface area contributed by atoms with E-state index in [2.05, 4.69) is 4.90 Å². The second-order valence-electron chi connectivity index (χ2n) is 5.71. The predicted octanol–water partition coefficient (Wildman–Crippen LogP) is 3.35. The molecule has 112 valence electrons. The second kappa shape index (κ2) is 6.00. The van der Waals surface area contributed by atoms with Gasteiger partial charge in [-0.25, -0.2) is 4.39 Å². The van der Waals surface area contributed by atoms with E-state index in [9.17, 15) is 9.50 Å². The van der Waals surface area contributed by atoms with Crippen LogP contribution in [0.5, 0.6) is 0 Å². The van der Waals surface area contributed by atoms with Gasteiger partial charge in [-0.2, -0.15) is 0 Å². The number of halogens is 1. The molecule has 0 amide bonds. The number of likely N-dealkylation sites (tertiary alicyclic amines) is 1. The van der Waals surface area contributed by atoms with E-state index in [1.165, 1.54) is 6.07 Å². The number of piperidine rings is 1. The average Bonchev–Trinajstić information content (AvgIpc) is 2.90. The van der Waals surface area contributed by atoms with E-state index in [-0.39, 0.29) is 11.9 Å². The highest BCUT2D eigenvalue weighted by Crippen LogP contribution is 2.27. The molecule has 1 aromatic heterocycles. The highest BCUT2D eigenvalue weighted by atomic mass is 19.1. The summed E-state index contributed by atoms with van der Waals surface area (Å²) in [5.74, 6) is 1.33. The molecule has 0 bridgehead atoms. The van der Waals surface area contributed by atoms with Crippen LogP contribution >= 0.6 is 0 Å². The summed E-state index contributed by atoms with van der Waals surface area (Å²) in [6, 6.07) is 8.84. The van der Waals surface area contributed by atoms with E-state index in [0.29, 0.717) is 24.4 Å². The third-order valence-corrected chi connectivity index (χ3v) is 4.05. The van der Waals surface area contributed by atoms with Crippen LogP contribution in [0.3, 0.4) is 0 Å². The minimum Gasteiger partial charge on any atom is -0.460 e. The Kier molecular flexibility index (Phi) is 4.08. The molecule has 3 nitrogen and oxygen atoms in total. The maximum Gasteiger partial charge on any atom is 0.134 e. The molecule has 1 aromatic carbocycles. The number of furan rings is 1. The van der Waals surface area contributed by atoms with E-state index < -0.39 is 0 Å². The van der Waals surface area contributed by atoms with Crippen molar-refractivity contribution in [3.8, 4) is 11.3 Å². The number of β-amino-alcohol motifs (C(OH)–C–C–N with tert-alkyl or cyclic N) is 1. The van der Waals surface area contributed by atoms with Gasteiger partial charge in [0.25, 0.3) is 0 Å². The van der Waals surface area contributed by atoms with Gasteiger partial charge < -0.3 is 9.52 Å². The number of rotatable bonds is 3. The normalized spacial score (nSPS) is 19.9. The van der Waals surface area contributed by atoms with Crippen molar-refractivity contribution in [1.82, 2.24) is 4.90 Å². The van der Waals surface area contributed by atoms with Gasteiger partial charge in [0.1, 0.15) is 17.3 Å². The van der Waals surface area contributed by atoms with Gasteiger partial charge >= 0.3 is 0 Å². The molecule has 0 unspecified atom stereocenters. The Bertz CT molecular complexity index is 623. The van der Waals surface area contributed by atoms with Crippen LogP contribution in [-0.2, 0) is 6.54 Å². The standard InChI is InChI=1S/C17H20FNO2/c1-12-15(5-2-6-16(12)18)17-8-7-14(21-17)11-19-9-3-4-13(20)10-19/h2,5-8,13,20H,3-4,9-11H2,1H3/t13-/m1/s1. The van der Waals surface area contributed by atoms with Crippen LogP contribution in [0.1, 0.15) is 24.2 Å². The van der Waals surface area contributed by atoms with Gasteiger partial charge in [-0.3, -0.25) is 4.90 Å². The molecule has 2 aromatic rings. The maximum absolute atomic E-state index is 13.6. The molecular formula is C17H20FNO2. The molecule has 1 saturated heterocycles. The fraction of sp³-hybridized carbons (Fsp3) is 0.412. The van der Waals surface area contributed by atoms with Crippen molar-refractivity contribution in [2.24, 2.45) is 0 Å². The molecule has 21 heavy (non-hydrogen) atoms. The quantitative estimate of drug-likeness (QED) is 0.941. The van der Waals surface area contributed by atoms with Gasteiger partial charge in [0.2, 0.25) is 0 Å². The number of hydrogen-bond donors (Lipinski definition) is 1. The number of nitrogens with zero attached hydrogens (tertiary/aromatic N) is 1. The molecule has 1 atom stereocenters. The van der Waals surface area contributed by atoms with E-state index in [4.69, 9.17) is 4.42 Å². The SMILES string of the molecule is Cc1c(F)cccc1-c1ccc(CN2CCC[C@@H](O)C2)o1. The molecule has 1 aliphatic rings. The lowest BCUT2D eigenvalue weighted by atomic mass is 10.1. The van der Waals surface area contributed by atoms with Gasteiger partial charge in [-0.15, -0.1) is 0 Å². The van der Waals surface area contributed by atoms with Crippen LogP contribution in [0.4, 0.5) is 4.39 Å². The lowest BCUT2D eigenvalue weighted by Gasteiger charge is -2.29. The minimum atomic E-state index is -0.237. The van der Waals surface area contributed by atoms with Crippen LogP contribution in [0.15, 0.2) is 34.7 Å². The monoisotopic (exact) mass is 289 g/mol. The minimum absolute atomic E-state index is 0.218. The first kappa shape index (κ1) is 14.3. The Balaban J connectivity index is 1.75. The second-order valence-corrected chi connectivity index (χ2v) is 5.71. The van der Waals surface area contributed by atoms with Crippen LogP contribution in [0, 0.1) is 12.7 Å². The van der Waals surface area contributed by atoms with Crippen LogP contribution in [-0.4, -0.2) is 29.2 Å². The molecule has 1 aliphatic heterocycles. The van der Waals surface area contributed by atoms with Crippen molar-refractivity contribution in [2.75, 3.05) is 13.1 Å². The van der Waals surface area contributed by atoms with Gasteiger partial charge in [-0.05, 0) is 50.1 Å². The van der Waals surface area contributed by atoms with Crippen molar-refractivity contribution < 1.29 is 13.9 Å².